The third-order valence-electron chi connectivity index (χ3n) is 1.93. The number of hydrogen-bond acceptors (Lipinski definition) is 6. The number of halogens is 1. The first-order chi connectivity index (χ1) is 8.65. The first-order valence-electron chi connectivity index (χ1n) is 4.53. The first-order valence-corrected chi connectivity index (χ1v) is 5.73. The van der Waals surface area contributed by atoms with Crippen LogP contribution < -0.4 is 10.9 Å². The summed E-state index contributed by atoms with van der Waals surface area (Å²) in [5.74, 6) is 2.48. The summed E-state index contributed by atoms with van der Waals surface area (Å²) in [5.41, 5.74) is -0.123. The molecule has 0 aromatic carbocycles. The summed E-state index contributed by atoms with van der Waals surface area (Å²) in [7, 11) is 0. The zero-order valence-electron chi connectivity index (χ0n) is 8.69. The fourth-order valence-corrected chi connectivity index (χ4v) is 1.97. The molecular weight excluding hydrogens is 274 g/mol. The highest BCUT2D eigenvalue weighted by molar-refractivity contribution is 7.10. The second kappa shape index (κ2) is 4.88. The zero-order valence-corrected chi connectivity index (χ0v) is 10.3. The molecule has 8 heteroatoms. The van der Waals surface area contributed by atoms with Crippen LogP contribution in [-0.4, -0.2) is 14.3 Å². The largest absolute Gasteiger partial charge is 0.313 e. The summed E-state index contributed by atoms with van der Waals surface area (Å²) >= 11 is 6.79. The molecule has 0 unspecified atom stereocenters. The van der Waals surface area contributed by atoms with Gasteiger partial charge in [0.05, 0.1) is 5.56 Å². The van der Waals surface area contributed by atoms with Gasteiger partial charge in [-0.05, 0) is 11.5 Å². The summed E-state index contributed by atoms with van der Waals surface area (Å²) < 4.78 is 2.43. The van der Waals surface area contributed by atoms with E-state index in [-0.39, 0.29) is 16.7 Å². The predicted octanol–water partition coefficient (Wildman–Crippen LogP) is 1.48. The van der Waals surface area contributed by atoms with E-state index in [0.717, 1.165) is 11.5 Å². The van der Waals surface area contributed by atoms with Crippen LogP contribution in [0.4, 0.5) is 10.9 Å². The highest BCUT2D eigenvalue weighted by Gasteiger charge is 2.11. The van der Waals surface area contributed by atoms with Gasteiger partial charge in [-0.15, -0.1) is 6.42 Å². The minimum absolute atomic E-state index is 0.0271. The molecule has 0 saturated carbocycles. The number of nitrogens with zero attached hydrogens (tertiary/aromatic N) is 3. The molecule has 6 nitrogen and oxygen atoms in total. The lowest BCUT2D eigenvalue weighted by Gasteiger charge is -2.02. The van der Waals surface area contributed by atoms with E-state index in [1.165, 1.54) is 6.20 Å². The van der Waals surface area contributed by atoms with Crippen molar-refractivity contribution in [2.45, 2.75) is 0 Å². The summed E-state index contributed by atoms with van der Waals surface area (Å²) in [6.45, 7) is 0. The van der Waals surface area contributed by atoms with E-state index in [1.807, 2.05) is 0 Å². The molecule has 18 heavy (non-hydrogen) atoms. The van der Waals surface area contributed by atoms with Gasteiger partial charge in [0.15, 0.2) is 5.56 Å². The normalized spacial score (nSPS) is 9.50. The fraction of sp³-hybridized carbons (Fsp3) is 0. The Morgan fingerprint density at radius 3 is 3.00 bits per heavy atom. The minimum atomic E-state index is -0.462. The van der Waals surface area contributed by atoms with Crippen molar-refractivity contribution in [1.29, 1.82) is 5.26 Å². The molecular formula is C10H4ClN5OS. The maximum absolute atomic E-state index is 11.2. The molecule has 2 aromatic heterocycles. The zero-order chi connectivity index (χ0) is 13.1. The van der Waals surface area contributed by atoms with Gasteiger partial charge in [-0.2, -0.15) is 10.2 Å². The Bertz CT molecular complexity index is 736. The van der Waals surface area contributed by atoms with Gasteiger partial charge in [-0.25, -0.2) is 4.98 Å². The van der Waals surface area contributed by atoms with E-state index >= 15 is 0 Å². The number of aromatic amines is 1. The molecule has 2 heterocycles. The molecule has 0 aliphatic rings. The first kappa shape index (κ1) is 12.1. The van der Waals surface area contributed by atoms with Crippen LogP contribution in [0.2, 0.25) is 5.15 Å². The lowest BCUT2D eigenvalue weighted by Crippen LogP contribution is -2.04. The molecule has 0 saturated heterocycles. The SMILES string of the molecule is C#Cc1cnc(Nc2s[nH]c(=O)c2C#N)nc1Cl. The Kier molecular flexibility index (Phi) is 3.28. The molecule has 0 radical (unpaired) electrons. The summed E-state index contributed by atoms with van der Waals surface area (Å²) in [6, 6.07) is 1.78. The second-order valence-corrected chi connectivity index (χ2v) is 4.19. The minimum Gasteiger partial charge on any atom is -0.313 e. The lowest BCUT2D eigenvalue weighted by atomic mass is 10.3. The van der Waals surface area contributed by atoms with Crippen molar-refractivity contribution in [1.82, 2.24) is 14.3 Å². The van der Waals surface area contributed by atoms with E-state index in [4.69, 9.17) is 23.3 Å². The maximum Gasteiger partial charge on any atom is 0.278 e. The molecule has 0 fully saturated rings. The van der Waals surface area contributed by atoms with Crippen molar-refractivity contribution in [2.75, 3.05) is 5.32 Å². The Balaban J connectivity index is 2.36. The van der Waals surface area contributed by atoms with Crippen molar-refractivity contribution in [3.63, 3.8) is 0 Å². The molecule has 2 N–H and O–H groups in total. The summed E-state index contributed by atoms with van der Waals surface area (Å²) in [6.07, 6.45) is 6.55. The number of terminal acetylenes is 1. The quantitative estimate of drug-likeness (QED) is 0.640. The smallest absolute Gasteiger partial charge is 0.278 e. The number of anilines is 2. The van der Waals surface area contributed by atoms with Crippen LogP contribution in [0.1, 0.15) is 11.1 Å². The number of hydrogen-bond donors (Lipinski definition) is 2. The lowest BCUT2D eigenvalue weighted by molar-refractivity contribution is 1.16. The van der Waals surface area contributed by atoms with Gasteiger partial charge in [-0.3, -0.25) is 9.17 Å². The van der Waals surface area contributed by atoms with E-state index in [9.17, 15) is 4.79 Å². The van der Waals surface area contributed by atoms with E-state index in [1.54, 1.807) is 6.07 Å². The molecule has 0 amide bonds. The molecule has 88 valence electrons. The van der Waals surface area contributed by atoms with Crippen LogP contribution in [0.5, 0.6) is 0 Å². The average Bonchev–Trinajstić information content (AvgIpc) is 2.70. The molecule has 0 bridgehead atoms. The molecule has 2 aromatic rings. The monoisotopic (exact) mass is 277 g/mol. The van der Waals surface area contributed by atoms with E-state index in [2.05, 4.69) is 25.6 Å². The van der Waals surface area contributed by atoms with Gasteiger partial charge in [0.25, 0.3) is 5.56 Å². The standard InChI is InChI=1S/C10H4ClN5OS/c1-2-5-4-13-10(14-7(5)11)15-9-6(3-12)8(17)16-18-9/h1,4H,(H,16,17)(H,13,14,15). The highest BCUT2D eigenvalue weighted by Crippen LogP contribution is 2.21. The average molecular weight is 278 g/mol. The highest BCUT2D eigenvalue weighted by atomic mass is 35.5. The second-order valence-electron chi connectivity index (χ2n) is 3.02. The molecule has 0 aliphatic heterocycles. The number of rotatable bonds is 2. The van der Waals surface area contributed by atoms with Gasteiger partial charge >= 0.3 is 0 Å². The van der Waals surface area contributed by atoms with Crippen LogP contribution in [0.15, 0.2) is 11.0 Å². The maximum atomic E-state index is 11.2. The number of nitriles is 1. The molecule has 0 atom stereocenters. The third kappa shape index (κ3) is 2.18. The Morgan fingerprint density at radius 1 is 1.61 bits per heavy atom. The van der Waals surface area contributed by atoms with Gasteiger partial charge in [0, 0.05) is 6.20 Å². The topological polar surface area (TPSA) is 94.5 Å². The molecule has 0 aliphatic carbocycles. The predicted molar refractivity (Wildman–Crippen MR) is 67.9 cm³/mol. The van der Waals surface area contributed by atoms with Gasteiger partial charge < -0.3 is 5.32 Å². The summed E-state index contributed by atoms with van der Waals surface area (Å²) in [5, 5.41) is 12.0. The summed E-state index contributed by atoms with van der Waals surface area (Å²) in [4.78, 5) is 19.1. The van der Waals surface area contributed by atoms with Gasteiger partial charge in [0.1, 0.15) is 16.2 Å². The van der Waals surface area contributed by atoms with Crippen molar-refractivity contribution >= 4 is 34.1 Å². The Labute approximate surface area is 110 Å². The van der Waals surface area contributed by atoms with Crippen LogP contribution in [-0.2, 0) is 0 Å². The molecule has 2 rings (SSSR count). The van der Waals surface area contributed by atoms with Crippen LogP contribution in [0, 0.1) is 23.7 Å². The van der Waals surface area contributed by atoms with Gasteiger partial charge in [0.2, 0.25) is 5.95 Å². The Hall–Kier alpha value is -2.35. The third-order valence-corrected chi connectivity index (χ3v) is 3.02. The van der Waals surface area contributed by atoms with Crippen molar-refractivity contribution in [3.05, 3.63) is 32.8 Å². The van der Waals surface area contributed by atoms with Gasteiger partial charge in [-0.1, -0.05) is 17.5 Å². The van der Waals surface area contributed by atoms with E-state index < -0.39 is 5.56 Å². The Morgan fingerprint density at radius 2 is 2.39 bits per heavy atom. The number of nitrogens with one attached hydrogen (secondary N) is 2. The van der Waals surface area contributed by atoms with Crippen molar-refractivity contribution in [3.8, 4) is 18.4 Å². The van der Waals surface area contributed by atoms with E-state index in [0.29, 0.717) is 10.6 Å². The number of H-pyrrole nitrogens is 1. The van der Waals surface area contributed by atoms with Crippen molar-refractivity contribution in [2.24, 2.45) is 0 Å². The van der Waals surface area contributed by atoms with Crippen molar-refractivity contribution < 1.29 is 0 Å². The molecule has 0 spiro atoms. The fourth-order valence-electron chi connectivity index (χ4n) is 1.11. The van der Waals surface area contributed by atoms with Crippen LogP contribution >= 0.6 is 23.1 Å². The van der Waals surface area contributed by atoms with Crippen LogP contribution in [0.3, 0.4) is 0 Å². The number of aromatic nitrogens is 3. The van der Waals surface area contributed by atoms with Crippen LogP contribution in [0.25, 0.3) is 0 Å².